The first-order valence-corrected chi connectivity index (χ1v) is 8.15. The largest absolute Gasteiger partial charge is 0.375 e. The van der Waals surface area contributed by atoms with Crippen LogP contribution in [-0.2, 0) is 12.8 Å². The first-order chi connectivity index (χ1) is 10.5. The van der Waals surface area contributed by atoms with Gasteiger partial charge in [-0.2, -0.15) is 5.26 Å². The number of allylic oxidation sites excluding steroid dienone is 2. The molecule has 0 spiro atoms. The Hall–Kier alpha value is -1.95. The lowest BCUT2D eigenvalue weighted by atomic mass is 9.46. The molecular weight excluding hydrogens is 267 g/mol. The Morgan fingerprint density at radius 1 is 1.41 bits per heavy atom. The summed E-state index contributed by atoms with van der Waals surface area (Å²) in [5.41, 5.74) is 7.06. The highest BCUT2D eigenvalue weighted by Gasteiger charge is 2.30. The smallest absolute Gasteiger partial charge is 0.174 e. The molecule has 2 aliphatic rings. The van der Waals surface area contributed by atoms with Crippen molar-refractivity contribution in [3.8, 4) is 6.07 Å². The van der Waals surface area contributed by atoms with Crippen LogP contribution in [0, 0.1) is 17.2 Å². The molecule has 2 nitrogen and oxygen atoms in total. The van der Waals surface area contributed by atoms with E-state index in [4.69, 9.17) is 0 Å². The van der Waals surface area contributed by atoms with Gasteiger partial charge in [0.15, 0.2) is 6.71 Å². The van der Waals surface area contributed by atoms with Gasteiger partial charge in [-0.05, 0) is 36.8 Å². The molecule has 22 heavy (non-hydrogen) atoms. The van der Waals surface area contributed by atoms with Crippen molar-refractivity contribution < 1.29 is 0 Å². The van der Waals surface area contributed by atoms with Crippen LogP contribution in [0.15, 0.2) is 31.0 Å². The molecular formula is C19H23BN2. The normalized spacial score (nSPS) is 17.0. The second-order valence-electron chi connectivity index (χ2n) is 6.91. The van der Waals surface area contributed by atoms with Crippen molar-refractivity contribution in [2.24, 2.45) is 5.92 Å². The minimum atomic E-state index is 0.545. The average molecular weight is 290 g/mol. The summed E-state index contributed by atoms with van der Waals surface area (Å²) in [5.74, 6) is 0.664. The fourth-order valence-corrected chi connectivity index (χ4v) is 3.91. The van der Waals surface area contributed by atoms with Crippen LogP contribution < -0.4 is 5.46 Å². The molecule has 2 aliphatic heterocycles. The number of rotatable bonds is 4. The lowest BCUT2D eigenvalue weighted by Gasteiger charge is -2.41. The van der Waals surface area contributed by atoms with E-state index in [2.05, 4.69) is 50.0 Å². The third-order valence-electron chi connectivity index (χ3n) is 5.20. The summed E-state index contributed by atoms with van der Waals surface area (Å²) in [5, 5.41) is 9.38. The van der Waals surface area contributed by atoms with E-state index in [1.54, 1.807) is 0 Å². The van der Waals surface area contributed by atoms with E-state index in [1.165, 1.54) is 22.9 Å². The van der Waals surface area contributed by atoms with Gasteiger partial charge in [-0.3, -0.25) is 0 Å². The Labute approximate surface area is 134 Å². The van der Waals surface area contributed by atoms with Gasteiger partial charge in [0.2, 0.25) is 0 Å². The Morgan fingerprint density at radius 3 is 2.77 bits per heavy atom. The maximum Gasteiger partial charge on any atom is 0.174 e. The lowest BCUT2D eigenvalue weighted by molar-refractivity contribution is 0.144. The molecule has 0 bridgehead atoms. The van der Waals surface area contributed by atoms with Crippen LogP contribution in [0.2, 0.25) is 13.1 Å². The van der Waals surface area contributed by atoms with Gasteiger partial charge < -0.3 is 4.90 Å². The highest BCUT2D eigenvalue weighted by Crippen LogP contribution is 2.29. The number of nitrogens with zero attached hydrogens (tertiary/aromatic N) is 2. The van der Waals surface area contributed by atoms with Crippen LogP contribution >= 0.6 is 0 Å². The van der Waals surface area contributed by atoms with E-state index < -0.39 is 0 Å². The van der Waals surface area contributed by atoms with Crippen molar-refractivity contribution in [1.82, 2.24) is 4.90 Å². The summed E-state index contributed by atoms with van der Waals surface area (Å²) >= 11 is 0. The predicted molar refractivity (Wildman–Crippen MR) is 94.4 cm³/mol. The number of hydrogen-bond donors (Lipinski definition) is 0. The lowest BCUT2D eigenvalue weighted by Crippen LogP contribution is -2.46. The van der Waals surface area contributed by atoms with Crippen molar-refractivity contribution in [1.29, 1.82) is 5.26 Å². The number of hydrogen-bond acceptors (Lipinski definition) is 2. The minimum Gasteiger partial charge on any atom is -0.375 e. The highest BCUT2D eigenvalue weighted by molar-refractivity contribution is 6.74. The van der Waals surface area contributed by atoms with E-state index in [0.717, 1.165) is 37.2 Å². The van der Waals surface area contributed by atoms with E-state index in [1.807, 2.05) is 0 Å². The van der Waals surface area contributed by atoms with E-state index >= 15 is 0 Å². The zero-order chi connectivity index (χ0) is 15.9. The van der Waals surface area contributed by atoms with Gasteiger partial charge in [-0.25, -0.2) is 0 Å². The number of fused-ring (bicyclic) bond motifs is 1. The highest BCUT2D eigenvalue weighted by atomic mass is 15.2. The molecule has 1 aromatic carbocycles. The minimum absolute atomic E-state index is 0.545. The fourth-order valence-electron chi connectivity index (χ4n) is 3.91. The molecule has 0 N–H and O–H groups in total. The van der Waals surface area contributed by atoms with Crippen LogP contribution in [0.4, 0.5) is 0 Å². The summed E-state index contributed by atoms with van der Waals surface area (Å²) in [4.78, 5) is 2.32. The van der Waals surface area contributed by atoms with E-state index in [9.17, 15) is 5.26 Å². The molecule has 0 aromatic heterocycles. The Balaban J connectivity index is 1.89. The van der Waals surface area contributed by atoms with Crippen molar-refractivity contribution in [2.45, 2.75) is 32.9 Å². The van der Waals surface area contributed by atoms with Crippen molar-refractivity contribution in [3.63, 3.8) is 0 Å². The summed E-state index contributed by atoms with van der Waals surface area (Å²) in [7, 11) is 0. The molecule has 1 saturated heterocycles. The van der Waals surface area contributed by atoms with E-state index in [-0.39, 0.29) is 0 Å². The summed E-state index contributed by atoms with van der Waals surface area (Å²) < 4.78 is 0. The molecule has 0 atom stereocenters. The maximum atomic E-state index is 9.38. The predicted octanol–water partition coefficient (Wildman–Crippen LogP) is 3.12. The maximum absolute atomic E-state index is 9.38. The first kappa shape index (κ1) is 15.0. The SMILES string of the molecule is C=C(C#N)c1c(CC2CN(C(=C)C)C2)ccc2c1B(C)CC2. The quantitative estimate of drug-likeness (QED) is 0.629. The molecule has 0 radical (unpaired) electrons. The number of likely N-dealkylation sites (tertiary alicyclic amines) is 1. The second kappa shape index (κ2) is 5.68. The van der Waals surface area contributed by atoms with Gasteiger partial charge in [0.1, 0.15) is 0 Å². The Kier molecular flexibility index (Phi) is 3.87. The third kappa shape index (κ3) is 2.48. The molecule has 3 rings (SSSR count). The fraction of sp³-hybridized carbons (Fsp3) is 0.421. The molecule has 0 amide bonds. The zero-order valence-corrected chi connectivity index (χ0v) is 13.7. The topological polar surface area (TPSA) is 27.0 Å². The molecule has 112 valence electrons. The van der Waals surface area contributed by atoms with Gasteiger partial charge in [-0.1, -0.05) is 49.5 Å². The van der Waals surface area contributed by atoms with Crippen LogP contribution in [0.1, 0.15) is 23.6 Å². The number of benzene rings is 1. The molecule has 0 aliphatic carbocycles. The average Bonchev–Trinajstić information content (AvgIpc) is 2.82. The van der Waals surface area contributed by atoms with Crippen LogP contribution in [0.5, 0.6) is 0 Å². The third-order valence-corrected chi connectivity index (χ3v) is 5.20. The standard InChI is InChI=1S/C19H23BN2/c1-13(2)22-11-15(12-22)9-17-6-5-16-7-8-20(4)19(16)18(17)14(3)10-21/h5-6,15H,1,3,7-9,11-12H2,2,4H3. The van der Waals surface area contributed by atoms with Gasteiger partial charge in [0.25, 0.3) is 0 Å². The van der Waals surface area contributed by atoms with Gasteiger partial charge in [0.05, 0.1) is 11.6 Å². The number of nitriles is 1. The van der Waals surface area contributed by atoms with Crippen LogP contribution in [0.3, 0.4) is 0 Å². The zero-order valence-electron chi connectivity index (χ0n) is 13.7. The van der Waals surface area contributed by atoms with Crippen molar-refractivity contribution in [2.75, 3.05) is 13.1 Å². The monoisotopic (exact) mass is 290 g/mol. The van der Waals surface area contributed by atoms with Gasteiger partial charge in [0, 0.05) is 18.8 Å². The van der Waals surface area contributed by atoms with Gasteiger partial charge >= 0.3 is 0 Å². The summed E-state index contributed by atoms with van der Waals surface area (Å²) in [6, 6.07) is 6.80. The second-order valence-corrected chi connectivity index (χ2v) is 6.91. The molecule has 0 saturated carbocycles. The molecule has 2 heterocycles. The first-order valence-electron chi connectivity index (χ1n) is 8.15. The van der Waals surface area contributed by atoms with Crippen LogP contribution in [-0.4, -0.2) is 24.7 Å². The summed E-state index contributed by atoms with van der Waals surface area (Å²) in [6.45, 7) is 15.1. The molecule has 1 aromatic rings. The molecule has 3 heteroatoms. The van der Waals surface area contributed by atoms with Crippen molar-refractivity contribution in [3.05, 3.63) is 47.7 Å². The number of aryl methyl sites for hydroxylation is 1. The molecule has 0 unspecified atom stereocenters. The summed E-state index contributed by atoms with van der Waals surface area (Å²) in [6.07, 6.45) is 3.37. The Bertz CT molecular complexity index is 677. The Morgan fingerprint density at radius 2 is 2.14 bits per heavy atom. The van der Waals surface area contributed by atoms with E-state index in [0.29, 0.717) is 18.2 Å². The van der Waals surface area contributed by atoms with Gasteiger partial charge in [-0.15, -0.1) is 0 Å². The van der Waals surface area contributed by atoms with Crippen molar-refractivity contribution >= 4 is 17.7 Å². The molecule has 1 fully saturated rings. The van der Waals surface area contributed by atoms with Crippen LogP contribution in [0.25, 0.3) is 5.57 Å².